The molecule has 0 radical (unpaired) electrons. The molecule has 0 atom stereocenters. The number of nitrogens with zero attached hydrogens (tertiary/aromatic N) is 1. The molecule has 1 aromatic carbocycles. The molecule has 0 aliphatic heterocycles. The number of nitrogens with one attached hydrogen (secondary N) is 1. The van der Waals surface area contributed by atoms with Crippen LogP contribution < -0.4 is 5.32 Å². The predicted octanol–water partition coefficient (Wildman–Crippen LogP) is 3.15. The van der Waals surface area contributed by atoms with E-state index in [0.29, 0.717) is 17.8 Å². The normalized spacial score (nSPS) is 10.3. The van der Waals surface area contributed by atoms with Crippen LogP contribution in [-0.4, -0.2) is 29.3 Å². The van der Waals surface area contributed by atoms with Gasteiger partial charge in [0.05, 0.1) is 0 Å². The Bertz CT molecular complexity index is 441. The maximum Gasteiger partial charge on any atom is 0.322 e. The van der Waals surface area contributed by atoms with Gasteiger partial charge in [0.2, 0.25) is 0 Å². The maximum atomic E-state index is 12.0. The zero-order chi connectivity index (χ0) is 13.7. The first-order valence-corrected chi connectivity index (χ1v) is 6.14. The van der Waals surface area contributed by atoms with E-state index in [2.05, 4.69) is 5.32 Å². The van der Waals surface area contributed by atoms with E-state index < -0.39 is 0 Å². The van der Waals surface area contributed by atoms with Gasteiger partial charge in [-0.1, -0.05) is 12.1 Å². The number of anilines is 1. The lowest BCUT2D eigenvalue weighted by Gasteiger charge is -2.25. The summed E-state index contributed by atoms with van der Waals surface area (Å²) in [6, 6.07) is 6.96. The highest BCUT2D eigenvalue weighted by atomic mass is 16.2. The van der Waals surface area contributed by atoms with E-state index in [1.807, 2.05) is 20.8 Å². The van der Waals surface area contributed by atoms with Crippen molar-refractivity contribution < 1.29 is 9.59 Å². The molecule has 0 saturated heterocycles. The summed E-state index contributed by atoms with van der Waals surface area (Å²) in [5.41, 5.74) is 1.24. The van der Waals surface area contributed by atoms with Gasteiger partial charge in [0.1, 0.15) is 0 Å². The Labute approximate surface area is 108 Å². The molecule has 1 rings (SSSR count). The van der Waals surface area contributed by atoms with Gasteiger partial charge in [0.25, 0.3) is 0 Å². The fraction of sp³-hybridized carbons (Fsp3) is 0.429. The van der Waals surface area contributed by atoms with E-state index in [9.17, 15) is 9.59 Å². The molecule has 0 saturated carbocycles. The van der Waals surface area contributed by atoms with Gasteiger partial charge in [-0.25, -0.2) is 4.79 Å². The molecule has 0 fully saturated rings. The molecule has 1 aromatic rings. The van der Waals surface area contributed by atoms with E-state index in [-0.39, 0.29) is 17.9 Å². The van der Waals surface area contributed by atoms with Crippen LogP contribution in [0.3, 0.4) is 0 Å². The number of hydrogen-bond acceptors (Lipinski definition) is 2. The van der Waals surface area contributed by atoms with Crippen LogP contribution in [0.25, 0.3) is 0 Å². The van der Waals surface area contributed by atoms with Crippen LogP contribution in [0.1, 0.15) is 38.1 Å². The highest BCUT2D eigenvalue weighted by Gasteiger charge is 2.14. The third-order valence-corrected chi connectivity index (χ3v) is 2.75. The molecule has 98 valence electrons. The van der Waals surface area contributed by atoms with Gasteiger partial charge in [0, 0.05) is 23.8 Å². The van der Waals surface area contributed by atoms with Crippen LogP contribution in [0.5, 0.6) is 0 Å². The Morgan fingerprint density at radius 2 is 2.00 bits per heavy atom. The van der Waals surface area contributed by atoms with Crippen LogP contribution in [-0.2, 0) is 0 Å². The number of Topliss-reactive ketones (excluding diaryl/α,β-unsaturated/α-hetero) is 1. The molecular formula is C14H20N2O2. The van der Waals surface area contributed by atoms with Crippen LogP contribution in [0.2, 0.25) is 0 Å². The van der Waals surface area contributed by atoms with E-state index in [4.69, 9.17) is 0 Å². The van der Waals surface area contributed by atoms with Gasteiger partial charge < -0.3 is 10.2 Å². The molecule has 4 heteroatoms. The molecule has 0 bridgehead atoms. The standard InChI is InChI=1S/C14H20N2O2/c1-5-16(10(2)3)14(18)15-13-8-6-7-12(9-13)11(4)17/h6-10H,5H2,1-4H3,(H,15,18). The van der Waals surface area contributed by atoms with Crippen LogP contribution in [0.15, 0.2) is 24.3 Å². The van der Waals surface area contributed by atoms with Crippen molar-refractivity contribution in [2.45, 2.75) is 33.7 Å². The van der Waals surface area contributed by atoms with Crippen molar-refractivity contribution in [3.05, 3.63) is 29.8 Å². The number of benzene rings is 1. The van der Waals surface area contributed by atoms with Gasteiger partial charge in [-0.05, 0) is 39.8 Å². The number of carbonyl (C=O) groups is 2. The molecule has 18 heavy (non-hydrogen) atoms. The highest BCUT2D eigenvalue weighted by molar-refractivity contribution is 5.96. The number of hydrogen-bond donors (Lipinski definition) is 1. The minimum Gasteiger partial charge on any atom is -0.322 e. The van der Waals surface area contributed by atoms with Crippen LogP contribution in [0.4, 0.5) is 10.5 Å². The summed E-state index contributed by atoms with van der Waals surface area (Å²) < 4.78 is 0. The SMILES string of the molecule is CCN(C(=O)Nc1cccc(C(C)=O)c1)C(C)C. The van der Waals surface area contributed by atoms with Crippen molar-refractivity contribution in [3.63, 3.8) is 0 Å². The van der Waals surface area contributed by atoms with Gasteiger partial charge >= 0.3 is 6.03 Å². The number of rotatable bonds is 4. The lowest BCUT2D eigenvalue weighted by molar-refractivity contribution is 0.101. The molecule has 0 spiro atoms. The Balaban J connectivity index is 2.81. The summed E-state index contributed by atoms with van der Waals surface area (Å²) in [6.07, 6.45) is 0. The summed E-state index contributed by atoms with van der Waals surface area (Å²) in [5.74, 6) is -0.0118. The Morgan fingerprint density at radius 3 is 2.50 bits per heavy atom. The predicted molar refractivity (Wildman–Crippen MR) is 73.0 cm³/mol. The van der Waals surface area contributed by atoms with Crippen molar-refractivity contribution in [1.29, 1.82) is 0 Å². The molecule has 4 nitrogen and oxygen atoms in total. The van der Waals surface area contributed by atoms with Gasteiger partial charge in [0.15, 0.2) is 5.78 Å². The van der Waals surface area contributed by atoms with Crippen LogP contribution in [0, 0.1) is 0 Å². The average molecular weight is 248 g/mol. The van der Waals surface area contributed by atoms with Crippen molar-refractivity contribution in [2.75, 3.05) is 11.9 Å². The highest BCUT2D eigenvalue weighted by Crippen LogP contribution is 2.12. The van der Waals surface area contributed by atoms with E-state index in [0.717, 1.165) is 0 Å². The second-order valence-corrected chi connectivity index (χ2v) is 4.45. The fourth-order valence-electron chi connectivity index (χ4n) is 1.75. The average Bonchev–Trinajstić information content (AvgIpc) is 2.29. The Hall–Kier alpha value is -1.84. The van der Waals surface area contributed by atoms with Crippen molar-refractivity contribution in [2.24, 2.45) is 0 Å². The second-order valence-electron chi connectivity index (χ2n) is 4.45. The molecule has 0 aromatic heterocycles. The van der Waals surface area contributed by atoms with E-state index in [1.165, 1.54) is 6.92 Å². The molecule has 0 aliphatic rings. The lowest BCUT2D eigenvalue weighted by atomic mass is 10.1. The summed E-state index contributed by atoms with van der Waals surface area (Å²) >= 11 is 0. The topological polar surface area (TPSA) is 49.4 Å². The fourth-order valence-corrected chi connectivity index (χ4v) is 1.75. The number of carbonyl (C=O) groups excluding carboxylic acids is 2. The third-order valence-electron chi connectivity index (χ3n) is 2.75. The third kappa shape index (κ3) is 3.58. The molecule has 2 amide bonds. The van der Waals surface area contributed by atoms with Gasteiger partial charge in [-0.3, -0.25) is 4.79 Å². The summed E-state index contributed by atoms with van der Waals surface area (Å²) in [5, 5.41) is 2.80. The van der Waals surface area contributed by atoms with Gasteiger partial charge in [-0.15, -0.1) is 0 Å². The molecular weight excluding hydrogens is 228 g/mol. The monoisotopic (exact) mass is 248 g/mol. The number of ketones is 1. The van der Waals surface area contributed by atoms with E-state index in [1.54, 1.807) is 29.2 Å². The van der Waals surface area contributed by atoms with Gasteiger partial charge in [-0.2, -0.15) is 0 Å². The molecule has 0 unspecified atom stereocenters. The van der Waals surface area contributed by atoms with Crippen molar-refractivity contribution >= 4 is 17.5 Å². The quantitative estimate of drug-likeness (QED) is 0.832. The Morgan fingerprint density at radius 1 is 1.33 bits per heavy atom. The molecule has 0 aliphatic carbocycles. The van der Waals surface area contributed by atoms with Crippen molar-refractivity contribution in [3.8, 4) is 0 Å². The maximum absolute atomic E-state index is 12.0. The second kappa shape index (κ2) is 6.19. The largest absolute Gasteiger partial charge is 0.322 e. The smallest absolute Gasteiger partial charge is 0.322 e. The summed E-state index contributed by atoms with van der Waals surface area (Å²) in [6.45, 7) is 8.03. The summed E-state index contributed by atoms with van der Waals surface area (Å²) in [7, 11) is 0. The number of amides is 2. The first-order chi connectivity index (χ1) is 8.45. The van der Waals surface area contributed by atoms with E-state index >= 15 is 0 Å². The first-order valence-electron chi connectivity index (χ1n) is 6.14. The first kappa shape index (κ1) is 14.2. The summed E-state index contributed by atoms with van der Waals surface area (Å²) in [4.78, 5) is 25.0. The number of urea groups is 1. The molecule has 1 N–H and O–H groups in total. The van der Waals surface area contributed by atoms with Crippen LogP contribution >= 0.6 is 0 Å². The lowest BCUT2D eigenvalue weighted by Crippen LogP contribution is -2.39. The zero-order valence-corrected chi connectivity index (χ0v) is 11.4. The minimum absolute atomic E-state index is 0.0118. The minimum atomic E-state index is -0.145. The van der Waals surface area contributed by atoms with Crippen molar-refractivity contribution in [1.82, 2.24) is 4.90 Å². The zero-order valence-electron chi connectivity index (χ0n) is 11.4. The Kier molecular flexibility index (Phi) is 4.89. The molecule has 0 heterocycles.